The normalized spacial score (nSPS) is 20.6. The highest BCUT2D eigenvalue weighted by Gasteiger charge is 2.52. The highest BCUT2D eigenvalue weighted by molar-refractivity contribution is 8.14. The van der Waals surface area contributed by atoms with Crippen molar-refractivity contribution in [3.63, 3.8) is 0 Å². The molecule has 9 aliphatic rings. The molecule has 3 aliphatic carbocycles. The molecule has 0 spiro atoms. The molecule has 14 rings (SSSR count). The lowest BCUT2D eigenvalue weighted by Gasteiger charge is -2.32. The van der Waals surface area contributed by atoms with Gasteiger partial charge in [-0.3, -0.25) is 9.44 Å². The fourth-order valence-electron chi connectivity index (χ4n) is 12.6. The summed E-state index contributed by atoms with van der Waals surface area (Å²) < 4.78 is 179. The number of carbonyl (C=O) groups excluding carboxylic acids is 2. The minimum absolute atomic E-state index is 0. The largest absolute Gasteiger partial charge is 0.495 e. The smallest absolute Gasteiger partial charge is 0.399 e. The predicted molar refractivity (Wildman–Crippen MR) is 421 cm³/mol. The van der Waals surface area contributed by atoms with Crippen LogP contribution in [-0.2, 0) is 52.6 Å². The van der Waals surface area contributed by atoms with Crippen molar-refractivity contribution in [3.05, 3.63) is 94.0 Å². The number of pyridine rings is 3. The number of hydrogen-bond donors (Lipinski definition) is 5. The van der Waals surface area contributed by atoms with Crippen LogP contribution in [0.15, 0.2) is 72.8 Å². The molecule has 6 aliphatic heterocycles. The average molecular weight is 1690 g/mol. The summed E-state index contributed by atoms with van der Waals surface area (Å²) in [4.78, 5) is 47.5. The third-order valence-electron chi connectivity index (χ3n) is 19.8. The van der Waals surface area contributed by atoms with Crippen molar-refractivity contribution in [1.82, 2.24) is 24.8 Å². The minimum Gasteiger partial charge on any atom is -0.399 e. The molecule has 0 bridgehead atoms. The van der Waals surface area contributed by atoms with Crippen molar-refractivity contribution in [2.45, 2.75) is 145 Å². The molecule has 0 radical (unpaired) electrons. The number of nitrogens with two attached hydrogens (primary N) is 1. The Morgan fingerprint density at radius 2 is 0.927 bits per heavy atom. The number of ether oxygens (including phenoxy) is 3. The van der Waals surface area contributed by atoms with Gasteiger partial charge in [0.25, 0.3) is 0 Å². The topological polar surface area (TPSA) is 312 Å². The molecule has 6 N–H and O–H groups in total. The van der Waals surface area contributed by atoms with Crippen LogP contribution in [0.3, 0.4) is 0 Å². The van der Waals surface area contributed by atoms with E-state index in [-0.39, 0.29) is 55.3 Å². The summed E-state index contributed by atoms with van der Waals surface area (Å²) in [6.07, 6.45) is -5.34. The van der Waals surface area contributed by atoms with Crippen molar-refractivity contribution in [2.24, 2.45) is 11.8 Å². The first-order valence-electron chi connectivity index (χ1n) is 36.0. The van der Waals surface area contributed by atoms with E-state index in [1.165, 1.54) is 15.9 Å². The molecule has 2 aromatic carbocycles. The van der Waals surface area contributed by atoms with Gasteiger partial charge in [-0.15, -0.1) is 0 Å². The molecule has 9 heterocycles. The van der Waals surface area contributed by atoms with E-state index >= 15 is 0 Å². The SMILES string of the molecule is Cc1ccc(NC(=O)N2CC[C@@H](CC(F)(F)F)C2)cc1-c1cc(NS(=O)(=O)C2CC2)nc(N2CCOCC2)c1.Cc1ccc(NC(=O)N2CC[C@@H](CC(F)(F)F)C2)cc1B1OC(C)(C)C(C)(C)O1.Nc1cc(Cl)cc(N2CCOCC2)n1.O=S(=O)(Cl)C1CC1.O=S(=O)(Nc1cc(Cl)cc(N2CCOCC2)n1)C1CC1.S. The highest BCUT2D eigenvalue weighted by atomic mass is 35.7. The molecule has 26 nitrogen and oxygen atoms in total. The van der Waals surface area contributed by atoms with Gasteiger partial charge in [0.1, 0.15) is 34.9 Å². The van der Waals surface area contributed by atoms with E-state index in [2.05, 4.69) is 39.9 Å². The van der Waals surface area contributed by atoms with Crippen LogP contribution in [0, 0.1) is 25.7 Å². The second-order valence-electron chi connectivity index (χ2n) is 29.3. The van der Waals surface area contributed by atoms with Gasteiger partial charge in [-0.05, 0) is 181 Å². The predicted octanol–water partition coefficient (Wildman–Crippen LogP) is 12.2. The number of nitrogens with one attached hydrogen (secondary N) is 4. The van der Waals surface area contributed by atoms with Gasteiger partial charge < -0.3 is 64.4 Å². The lowest BCUT2D eigenvalue weighted by atomic mass is 9.76. The number of rotatable bonds is 16. The van der Waals surface area contributed by atoms with Gasteiger partial charge in [-0.1, -0.05) is 40.9 Å². The van der Waals surface area contributed by atoms with Crippen molar-refractivity contribution in [2.75, 3.05) is 146 Å². The van der Waals surface area contributed by atoms with Crippen LogP contribution in [0.25, 0.3) is 11.1 Å². The van der Waals surface area contributed by atoms with E-state index in [1.807, 2.05) is 75.6 Å². The lowest BCUT2D eigenvalue weighted by molar-refractivity contribution is -0.144. The highest BCUT2D eigenvalue weighted by Crippen LogP contribution is 2.40. The molecule has 9 fully saturated rings. The van der Waals surface area contributed by atoms with Crippen LogP contribution < -0.4 is 46.0 Å². The first-order chi connectivity index (χ1) is 51.1. The number of nitrogens with zero attached hydrogens (tertiary/aromatic N) is 8. The molecule has 40 heteroatoms. The summed E-state index contributed by atoms with van der Waals surface area (Å²) in [6, 6.07) is 20.3. The number of aryl methyl sites for hydroxylation is 2. The van der Waals surface area contributed by atoms with E-state index in [1.54, 1.807) is 42.5 Å². The summed E-state index contributed by atoms with van der Waals surface area (Å²) >= 11 is 12.0. The number of hydrogen-bond acceptors (Lipinski definition) is 20. The van der Waals surface area contributed by atoms with Gasteiger partial charge in [0.05, 0.1) is 66.6 Å². The number of morpholine rings is 3. The standard InChI is InChI=1S/C26H32F3N5O4S.C20H28BF3N2O3.C12H16ClN3O3S.C9H12ClN3O.C3H5ClO2S.H2S/c1-17-2-3-20(30-25(35)34-7-6-18(16-34)15-26(27,28)29)14-22(17)19-12-23(32-39(36,37)21-4-5-21)31-24(13-19)33-8-10-38-11-9-33;1-13-6-7-15(10-16(13)21-28-18(2,3)19(4,5)29-21)25-17(27)26-9-8-14(12-26)11-20(22,23)24;13-9-7-11(15-20(17,18)10-1-2-10)14-12(8-9)16-3-5-19-6-4-16;10-7-5-8(11)12-9(6-7)13-1-3-14-4-2-13;4-7(5,6)3-1-2-3;/h2-3,12-14,18,21H,4-11,15-16H2,1H3,(H,30,35)(H,31,32);6-7,10,14H,8-9,11-12H2,1-5H3,(H,25,27);7-8,10H,1-6H2,(H,14,15);5-6H,1-4H2,(H2,11,12);3H,1-2H2;1H2/t18-;14-;;;;/m00..../s1. The maximum atomic E-state index is 12.8. The van der Waals surface area contributed by atoms with Gasteiger partial charge in [0.15, 0.2) is 0 Å². The van der Waals surface area contributed by atoms with E-state index in [0.717, 1.165) is 85.8 Å². The van der Waals surface area contributed by atoms with Crippen molar-refractivity contribution < 1.29 is 84.7 Å². The van der Waals surface area contributed by atoms with Crippen LogP contribution in [-0.4, -0.2) is 214 Å². The first kappa shape index (κ1) is 87.7. The number of nitrogen functional groups attached to an aromatic ring is 1. The molecule has 608 valence electrons. The van der Waals surface area contributed by atoms with Crippen LogP contribution in [0.5, 0.6) is 0 Å². The Kier molecular flexibility index (Phi) is 29.4. The van der Waals surface area contributed by atoms with Crippen LogP contribution >= 0.6 is 47.4 Å². The molecule has 4 amide bonds. The van der Waals surface area contributed by atoms with Crippen molar-refractivity contribution in [3.8, 4) is 11.1 Å². The molecular weight excluding hydrogens is 1590 g/mol. The Balaban J connectivity index is 0.000000172. The third-order valence-corrected chi connectivity index (χ3v) is 25.9. The van der Waals surface area contributed by atoms with Crippen molar-refractivity contribution >= 4 is 147 Å². The molecule has 0 unspecified atom stereocenters. The number of anilines is 8. The Bertz CT molecular complexity index is 4340. The number of sulfonamides is 2. The second kappa shape index (κ2) is 36.9. The number of aromatic nitrogens is 3. The van der Waals surface area contributed by atoms with Crippen molar-refractivity contribution in [1.29, 1.82) is 0 Å². The Morgan fingerprint density at radius 3 is 1.33 bits per heavy atom. The molecule has 3 saturated carbocycles. The number of likely N-dealkylation sites (tertiary alicyclic amines) is 2. The Labute approximate surface area is 660 Å². The lowest BCUT2D eigenvalue weighted by Crippen LogP contribution is -2.41. The monoisotopic (exact) mass is 1680 g/mol. The molecule has 110 heavy (non-hydrogen) atoms. The summed E-state index contributed by atoms with van der Waals surface area (Å²) in [5, 5.41) is 5.79. The number of alkyl halides is 6. The maximum absolute atomic E-state index is 12.8. The molecule has 2 atom stereocenters. The summed E-state index contributed by atoms with van der Waals surface area (Å²) in [7, 11) is -5.66. The van der Waals surface area contributed by atoms with Crippen LogP contribution in [0.1, 0.15) is 103 Å². The number of urea groups is 2. The zero-order valence-electron chi connectivity index (χ0n) is 61.9. The van der Waals surface area contributed by atoms with Gasteiger partial charge in [0.2, 0.25) is 29.1 Å². The maximum Gasteiger partial charge on any atom is 0.495 e. The number of benzene rings is 2. The van der Waals surface area contributed by atoms with Crippen LogP contribution in [0.2, 0.25) is 10.0 Å². The first-order valence-corrected chi connectivity index (χ1v) is 42.3. The van der Waals surface area contributed by atoms with Gasteiger partial charge in [-0.2, -0.15) is 39.8 Å². The number of carbonyl (C=O) groups is 2. The van der Waals surface area contributed by atoms with E-state index < -0.39 is 102 Å². The number of amides is 4. The van der Waals surface area contributed by atoms with Gasteiger partial charge >= 0.3 is 31.5 Å². The van der Waals surface area contributed by atoms with E-state index in [4.69, 9.17) is 63.1 Å². The third kappa shape index (κ3) is 25.9. The van der Waals surface area contributed by atoms with E-state index in [0.29, 0.717) is 123 Å². The summed E-state index contributed by atoms with van der Waals surface area (Å²) in [6.45, 7) is 20.7. The van der Waals surface area contributed by atoms with Gasteiger partial charge in [-0.25, -0.2) is 49.8 Å². The Hall–Kier alpha value is -6.26. The zero-order chi connectivity index (χ0) is 79.0. The van der Waals surface area contributed by atoms with Crippen LogP contribution in [0.4, 0.5) is 82.2 Å². The number of halogens is 9. The molecule has 5 aromatic rings. The fraction of sp³-hybridized carbons (Fsp3) is 0.586. The fourth-order valence-corrected chi connectivity index (χ4v) is 16.9. The molecule has 6 saturated heterocycles. The van der Waals surface area contributed by atoms with E-state index in [9.17, 15) is 61.2 Å². The zero-order valence-corrected chi connectivity index (χ0v) is 67.6. The molecule has 3 aromatic heterocycles. The summed E-state index contributed by atoms with van der Waals surface area (Å²) in [5.74, 6) is 1.95. The average Bonchev–Trinajstić information content (AvgIpc) is 1.64. The summed E-state index contributed by atoms with van der Waals surface area (Å²) in [5.41, 5.74) is 9.88. The second-order valence-corrected chi connectivity index (χ2v) is 37.0. The molecular formula is C70H95BCl3F6N13O13S4. The quantitative estimate of drug-likeness (QED) is 0.0348. The Morgan fingerprint density at radius 1 is 0.536 bits per heavy atom. The van der Waals surface area contributed by atoms with Gasteiger partial charge in [0, 0.05) is 116 Å². The minimum atomic E-state index is -4.25.